The Morgan fingerprint density at radius 3 is 2.69 bits per heavy atom. The van der Waals surface area contributed by atoms with Crippen molar-refractivity contribution in [3.63, 3.8) is 0 Å². The maximum atomic E-state index is 15.1. The second kappa shape index (κ2) is 8.65. The number of nitrogens with two attached hydrogens (primary N) is 1. The molecule has 0 spiro atoms. The molecule has 1 amide bonds. The predicted molar refractivity (Wildman–Crippen MR) is 127 cm³/mol. The van der Waals surface area contributed by atoms with Gasteiger partial charge in [0, 0.05) is 61.5 Å². The third kappa shape index (κ3) is 3.61. The molecule has 3 fully saturated rings. The SMILES string of the molecule is N#CC1(c2ccc(-c3ccc(N4C[C@H](Cn5ccnn5)OC4=O)cc3F)cn2)C2CN(CCN)CC21. The molecule has 1 aromatic carbocycles. The molecule has 10 nitrogen and oxygen atoms in total. The summed E-state index contributed by atoms with van der Waals surface area (Å²) < 4.78 is 22.1. The zero-order chi connectivity index (χ0) is 24.9. The number of carbonyl (C=O) groups is 1. The molecule has 184 valence electrons. The number of likely N-dealkylation sites (tertiary alicyclic amines) is 1. The van der Waals surface area contributed by atoms with Gasteiger partial charge in [0.25, 0.3) is 0 Å². The summed E-state index contributed by atoms with van der Waals surface area (Å²) in [6.07, 6.45) is 3.93. The minimum atomic E-state index is -0.565. The van der Waals surface area contributed by atoms with Gasteiger partial charge in [0.15, 0.2) is 0 Å². The van der Waals surface area contributed by atoms with Crippen molar-refractivity contribution >= 4 is 11.8 Å². The van der Waals surface area contributed by atoms with Crippen molar-refractivity contribution in [1.29, 1.82) is 5.26 Å². The van der Waals surface area contributed by atoms with Crippen LogP contribution >= 0.6 is 0 Å². The number of nitrogens with zero attached hydrogens (tertiary/aromatic N) is 7. The number of piperidine rings is 1. The van der Waals surface area contributed by atoms with Crippen LogP contribution in [0, 0.1) is 29.0 Å². The van der Waals surface area contributed by atoms with E-state index in [0.29, 0.717) is 29.9 Å². The maximum absolute atomic E-state index is 15.1. The number of hydrogen-bond acceptors (Lipinski definition) is 8. The fourth-order valence-electron chi connectivity index (χ4n) is 5.75. The van der Waals surface area contributed by atoms with E-state index in [1.807, 2.05) is 12.1 Å². The van der Waals surface area contributed by atoms with E-state index < -0.39 is 23.4 Å². The Morgan fingerprint density at radius 2 is 2.06 bits per heavy atom. The van der Waals surface area contributed by atoms with E-state index in [9.17, 15) is 10.1 Å². The normalized spacial score (nSPS) is 27.1. The first-order chi connectivity index (χ1) is 17.5. The highest BCUT2D eigenvalue weighted by molar-refractivity contribution is 5.90. The number of hydrogen-bond donors (Lipinski definition) is 1. The average Bonchev–Trinajstić information content (AvgIpc) is 3.37. The summed E-state index contributed by atoms with van der Waals surface area (Å²) in [6.45, 7) is 3.82. The van der Waals surface area contributed by atoms with Gasteiger partial charge in [-0.3, -0.25) is 9.88 Å². The molecule has 3 atom stereocenters. The number of benzene rings is 1. The number of anilines is 1. The van der Waals surface area contributed by atoms with Crippen molar-refractivity contribution in [2.45, 2.75) is 18.1 Å². The molecule has 11 heteroatoms. The molecule has 2 N–H and O–H groups in total. The van der Waals surface area contributed by atoms with E-state index >= 15 is 4.39 Å². The Morgan fingerprint density at radius 1 is 1.22 bits per heavy atom. The number of amides is 1. The second-order valence-corrected chi connectivity index (χ2v) is 9.58. The Labute approximate surface area is 207 Å². The van der Waals surface area contributed by atoms with Crippen LogP contribution < -0.4 is 10.6 Å². The van der Waals surface area contributed by atoms with E-state index in [4.69, 9.17) is 10.5 Å². The number of pyridine rings is 1. The third-order valence-corrected chi connectivity index (χ3v) is 7.59. The van der Waals surface area contributed by atoms with Crippen molar-refractivity contribution in [2.24, 2.45) is 17.6 Å². The highest BCUT2D eigenvalue weighted by Crippen LogP contribution is 2.62. The summed E-state index contributed by atoms with van der Waals surface area (Å²) in [5, 5.41) is 17.6. The number of fused-ring (bicyclic) bond motifs is 1. The quantitative estimate of drug-likeness (QED) is 0.533. The van der Waals surface area contributed by atoms with Crippen LogP contribution in [-0.2, 0) is 16.7 Å². The topological polar surface area (TPSA) is 126 Å². The van der Waals surface area contributed by atoms with Crippen LogP contribution in [0.2, 0.25) is 0 Å². The Kier molecular flexibility index (Phi) is 5.43. The summed E-state index contributed by atoms with van der Waals surface area (Å²) in [6, 6.07) is 10.8. The molecular weight excluding hydrogens is 463 g/mol. The molecular formula is C25H25FN8O2. The summed E-state index contributed by atoms with van der Waals surface area (Å²) in [4.78, 5) is 20.7. The zero-order valence-electron chi connectivity index (χ0n) is 19.5. The van der Waals surface area contributed by atoms with Gasteiger partial charge in [0.05, 0.1) is 36.7 Å². The van der Waals surface area contributed by atoms with Crippen molar-refractivity contribution in [3.05, 3.63) is 60.4 Å². The number of nitriles is 1. The van der Waals surface area contributed by atoms with Crippen LogP contribution in [0.25, 0.3) is 11.1 Å². The molecule has 1 saturated carbocycles. The smallest absolute Gasteiger partial charge is 0.414 e. The summed E-state index contributed by atoms with van der Waals surface area (Å²) >= 11 is 0. The fraction of sp³-hybridized carbons (Fsp3) is 0.400. The fourth-order valence-corrected chi connectivity index (χ4v) is 5.75. The number of aromatic nitrogens is 4. The van der Waals surface area contributed by atoms with Crippen LogP contribution in [0.3, 0.4) is 0 Å². The monoisotopic (exact) mass is 488 g/mol. The first kappa shape index (κ1) is 22.6. The van der Waals surface area contributed by atoms with Gasteiger partial charge >= 0.3 is 6.09 Å². The Hall–Kier alpha value is -3.88. The first-order valence-electron chi connectivity index (χ1n) is 12.0. The lowest BCUT2D eigenvalue weighted by atomic mass is 9.95. The lowest BCUT2D eigenvalue weighted by Crippen LogP contribution is -2.33. The van der Waals surface area contributed by atoms with Gasteiger partial charge in [-0.25, -0.2) is 13.9 Å². The molecule has 36 heavy (non-hydrogen) atoms. The van der Waals surface area contributed by atoms with E-state index in [1.165, 1.54) is 11.0 Å². The van der Waals surface area contributed by atoms with E-state index in [0.717, 1.165) is 25.3 Å². The van der Waals surface area contributed by atoms with E-state index in [2.05, 4.69) is 26.3 Å². The van der Waals surface area contributed by atoms with Crippen LogP contribution in [0.5, 0.6) is 0 Å². The molecule has 2 aromatic heterocycles. The Balaban J connectivity index is 1.16. The second-order valence-electron chi connectivity index (χ2n) is 9.58. The molecule has 2 unspecified atom stereocenters. The molecule has 3 aromatic rings. The van der Waals surface area contributed by atoms with Gasteiger partial charge in [0.2, 0.25) is 0 Å². The maximum Gasteiger partial charge on any atom is 0.414 e. The molecule has 1 aliphatic carbocycles. The van der Waals surface area contributed by atoms with Gasteiger partial charge in [-0.05, 0) is 24.3 Å². The molecule has 6 rings (SSSR count). The number of halogens is 1. The van der Waals surface area contributed by atoms with Crippen molar-refractivity contribution in [3.8, 4) is 17.2 Å². The zero-order valence-corrected chi connectivity index (χ0v) is 19.5. The largest absolute Gasteiger partial charge is 0.442 e. The van der Waals surface area contributed by atoms with Crippen molar-refractivity contribution < 1.29 is 13.9 Å². The standard InChI is InChI=1S/C25H25FN8O2/c26-22-9-17(34-12-18(36-24(34)35)11-33-8-6-30-31-33)2-3-19(22)16-1-4-23(29-10-16)25(15-28)20-13-32(7-5-27)14-21(20)25/h1-4,6,8-10,18,20-21H,5,7,11-14,27H2/t18-,20?,21?,25?/m0/s1. The summed E-state index contributed by atoms with van der Waals surface area (Å²) in [7, 11) is 0. The molecule has 0 bridgehead atoms. The van der Waals surface area contributed by atoms with Crippen molar-refractivity contribution in [1.82, 2.24) is 24.9 Å². The van der Waals surface area contributed by atoms with Crippen LogP contribution in [0.15, 0.2) is 48.9 Å². The summed E-state index contributed by atoms with van der Waals surface area (Å²) in [5.41, 5.74) is 7.25. The van der Waals surface area contributed by atoms with Gasteiger partial charge in [-0.2, -0.15) is 5.26 Å². The van der Waals surface area contributed by atoms with Crippen LogP contribution in [0.1, 0.15) is 5.69 Å². The van der Waals surface area contributed by atoms with Crippen LogP contribution in [-0.4, -0.2) is 69.8 Å². The Bertz CT molecular complexity index is 1310. The molecule has 0 radical (unpaired) electrons. The molecule has 4 heterocycles. The summed E-state index contributed by atoms with van der Waals surface area (Å²) in [5.74, 6) is 0.0549. The predicted octanol–water partition coefficient (Wildman–Crippen LogP) is 1.79. The van der Waals surface area contributed by atoms with Gasteiger partial charge in [-0.15, -0.1) is 5.10 Å². The highest BCUT2D eigenvalue weighted by atomic mass is 19.1. The molecule has 3 aliphatic rings. The van der Waals surface area contributed by atoms with Crippen molar-refractivity contribution in [2.75, 3.05) is 37.6 Å². The van der Waals surface area contributed by atoms with Gasteiger partial charge in [0.1, 0.15) is 17.3 Å². The number of rotatable bonds is 7. The number of cyclic esters (lactones) is 1. The lowest BCUT2D eigenvalue weighted by molar-refractivity contribution is 0.129. The lowest BCUT2D eigenvalue weighted by Gasteiger charge is -2.21. The van der Waals surface area contributed by atoms with E-state index in [-0.39, 0.29) is 18.4 Å². The first-order valence-corrected chi connectivity index (χ1v) is 12.0. The third-order valence-electron chi connectivity index (χ3n) is 7.59. The van der Waals surface area contributed by atoms with E-state index in [1.54, 1.807) is 35.4 Å². The minimum Gasteiger partial charge on any atom is -0.442 e. The highest BCUT2D eigenvalue weighted by Gasteiger charge is 2.70. The van der Waals surface area contributed by atoms with Gasteiger partial charge in [-0.1, -0.05) is 11.3 Å². The average molecular weight is 489 g/mol. The number of ether oxygens (including phenoxy) is 1. The molecule has 2 aliphatic heterocycles. The minimum absolute atomic E-state index is 0.261. The van der Waals surface area contributed by atoms with Crippen LogP contribution in [0.4, 0.5) is 14.9 Å². The molecule has 2 saturated heterocycles. The van der Waals surface area contributed by atoms with Gasteiger partial charge < -0.3 is 15.4 Å². The number of carbonyl (C=O) groups excluding carboxylic acids is 1.